The van der Waals surface area contributed by atoms with E-state index < -0.39 is 0 Å². The average Bonchev–Trinajstić information content (AvgIpc) is 2.67. The molecule has 1 aliphatic carbocycles. The van der Waals surface area contributed by atoms with Gasteiger partial charge in [0.1, 0.15) is 5.75 Å². The summed E-state index contributed by atoms with van der Waals surface area (Å²) in [6.45, 7) is 2.27. The zero-order chi connectivity index (χ0) is 9.80. The Balaban J connectivity index is 1.88. The van der Waals surface area contributed by atoms with Crippen LogP contribution in [-0.2, 0) is 0 Å². The van der Waals surface area contributed by atoms with Gasteiger partial charge in [0.15, 0.2) is 0 Å². The third-order valence-corrected chi connectivity index (χ3v) is 3.12. The molecule has 1 aromatic carbocycles. The minimum atomic E-state index is 0.461. The van der Waals surface area contributed by atoms with Crippen LogP contribution in [0.1, 0.15) is 32.6 Å². The highest BCUT2D eigenvalue weighted by Crippen LogP contribution is 2.30. The topological polar surface area (TPSA) is 9.23 Å². The molecule has 76 valence electrons. The van der Waals surface area contributed by atoms with E-state index in [0.29, 0.717) is 6.10 Å². The Morgan fingerprint density at radius 3 is 2.64 bits per heavy atom. The molecule has 2 atom stereocenters. The van der Waals surface area contributed by atoms with Gasteiger partial charge in [-0.1, -0.05) is 31.5 Å². The molecule has 0 amide bonds. The minimum absolute atomic E-state index is 0.461. The molecule has 1 aliphatic rings. The number of hydrogen-bond acceptors (Lipinski definition) is 1. The van der Waals surface area contributed by atoms with Crippen LogP contribution in [0.2, 0.25) is 0 Å². The predicted molar refractivity (Wildman–Crippen MR) is 58.5 cm³/mol. The van der Waals surface area contributed by atoms with Gasteiger partial charge in [-0.2, -0.15) is 0 Å². The quantitative estimate of drug-likeness (QED) is 0.707. The standard InChI is InChI=1S/C13H18O/c1-2-11-8-9-13(10-11)14-12-6-4-3-5-7-12/h3-7,11,13H,2,8-10H2,1H3. The fourth-order valence-corrected chi connectivity index (χ4v) is 2.20. The van der Waals surface area contributed by atoms with Gasteiger partial charge in [0.05, 0.1) is 6.10 Å². The summed E-state index contributed by atoms with van der Waals surface area (Å²) >= 11 is 0. The number of para-hydroxylation sites is 1. The summed E-state index contributed by atoms with van der Waals surface area (Å²) in [6.07, 6.45) is 5.57. The van der Waals surface area contributed by atoms with Crippen molar-refractivity contribution >= 4 is 0 Å². The van der Waals surface area contributed by atoms with Crippen LogP contribution >= 0.6 is 0 Å². The first-order valence-electron chi connectivity index (χ1n) is 5.60. The molecule has 0 aliphatic heterocycles. The fraction of sp³-hybridized carbons (Fsp3) is 0.538. The lowest BCUT2D eigenvalue weighted by atomic mass is 10.1. The zero-order valence-electron chi connectivity index (χ0n) is 8.78. The van der Waals surface area contributed by atoms with E-state index in [-0.39, 0.29) is 0 Å². The van der Waals surface area contributed by atoms with Gasteiger partial charge in [-0.15, -0.1) is 0 Å². The van der Waals surface area contributed by atoms with Gasteiger partial charge in [0.2, 0.25) is 0 Å². The third-order valence-electron chi connectivity index (χ3n) is 3.12. The summed E-state index contributed by atoms with van der Waals surface area (Å²) in [5, 5.41) is 0. The van der Waals surface area contributed by atoms with E-state index in [1.54, 1.807) is 0 Å². The monoisotopic (exact) mass is 190 g/mol. The van der Waals surface area contributed by atoms with Crippen molar-refractivity contribution < 1.29 is 4.74 Å². The molecule has 1 saturated carbocycles. The molecule has 0 N–H and O–H groups in total. The van der Waals surface area contributed by atoms with Crippen LogP contribution in [0.25, 0.3) is 0 Å². The maximum Gasteiger partial charge on any atom is 0.119 e. The lowest BCUT2D eigenvalue weighted by Gasteiger charge is -2.13. The molecule has 2 unspecified atom stereocenters. The lowest BCUT2D eigenvalue weighted by molar-refractivity contribution is 0.204. The largest absolute Gasteiger partial charge is 0.490 e. The van der Waals surface area contributed by atoms with Gasteiger partial charge >= 0.3 is 0 Å². The first-order chi connectivity index (χ1) is 6.88. The van der Waals surface area contributed by atoms with E-state index in [9.17, 15) is 0 Å². The molecular weight excluding hydrogens is 172 g/mol. The summed E-state index contributed by atoms with van der Waals surface area (Å²) in [7, 11) is 0. The van der Waals surface area contributed by atoms with Crippen molar-refractivity contribution in [2.45, 2.75) is 38.7 Å². The first kappa shape index (κ1) is 9.57. The maximum atomic E-state index is 5.91. The molecule has 0 bridgehead atoms. The van der Waals surface area contributed by atoms with Crippen molar-refractivity contribution in [3.05, 3.63) is 30.3 Å². The Bertz CT molecular complexity index is 268. The number of benzene rings is 1. The van der Waals surface area contributed by atoms with Crippen LogP contribution in [-0.4, -0.2) is 6.10 Å². The Labute approximate surface area is 86.1 Å². The van der Waals surface area contributed by atoms with Gasteiger partial charge < -0.3 is 4.74 Å². The van der Waals surface area contributed by atoms with Crippen LogP contribution in [0.5, 0.6) is 5.75 Å². The van der Waals surface area contributed by atoms with E-state index in [1.165, 1.54) is 25.7 Å². The SMILES string of the molecule is CCC1CCC(Oc2ccccc2)C1. The highest BCUT2D eigenvalue weighted by atomic mass is 16.5. The molecule has 0 spiro atoms. The van der Waals surface area contributed by atoms with Crippen molar-refractivity contribution in [1.29, 1.82) is 0 Å². The molecule has 2 rings (SSSR count). The van der Waals surface area contributed by atoms with Gasteiger partial charge in [-0.05, 0) is 37.3 Å². The van der Waals surface area contributed by atoms with Gasteiger partial charge in [-0.25, -0.2) is 0 Å². The lowest BCUT2D eigenvalue weighted by Crippen LogP contribution is -2.11. The van der Waals surface area contributed by atoms with Gasteiger partial charge in [-0.3, -0.25) is 0 Å². The highest BCUT2D eigenvalue weighted by molar-refractivity contribution is 5.21. The van der Waals surface area contributed by atoms with Crippen LogP contribution in [0.3, 0.4) is 0 Å². The van der Waals surface area contributed by atoms with Gasteiger partial charge in [0, 0.05) is 0 Å². The smallest absolute Gasteiger partial charge is 0.119 e. The Morgan fingerprint density at radius 2 is 2.00 bits per heavy atom. The highest BCUT2D eigenvalue weighted by Gasteiger charge is 2.24. The second-order valence-corrected chi connectivity index (χ2v) is 4.14. The molecular formula is C13H18O. The van der Waals surface area contributed by atoms with E-state index in [0.717, 1.165) is 11.7 Å². The van der Waals surface area contributed by atoms with Crippen LogP contribution < -0.4 is 4.74 Å². The Hall–Kier alpha value is -0.980. The summed E-state index contributed by atoms with van der Waals surface area (Å²) in [5.74, 6) is 1.91. The van der Waals surface area contributed by atoms with Crippen molar-refractivity contribution in [3.63, 3.8) is 0 Å². The summed E-state index contributed by atoms with van der Waals surface area (Å²) in [4.78, 5) is 0. The zero-order valence-corrected chi connectivity index (χ0v) is 8.78. The minimum Gasteiger partial charge on any atom is -0.490 e. The molecule has 1 nitrogen and oxygen atoms in total. The maximum absolute atomic E-state index is 5.91. The van der Waals surface area contributed by atoms with Crippen molar-refractivity contribution in [1.82, 2.24) is 0 Å². The normalized spacial score (nSPS) is 26.4. The van der Waals surface area contributed by atoms with Gasteiger partial charge in [0.25, 0.3) is 0 Å². The summed E-state index contributed by atoms with van der Waals surface area (Å²) in [5.41, 5.74) is 0. The van der Waals surface area contributed by atoms with Crippen LogP contribution in [0.4, 0.5) is 0 Å². The molecule has 0 heterocycles. The fourth-order valence-electron chi connectivity index (χ4n) is 2.20. The van der Waals surface area contributed by atoms with Crippen LogP contribution in [0, 0.1) is 5.92 Å². The van der Waals surface area contributed by atoms with E-state index in [2.05, 4.69) is 6.92 Å². The summed E-state index contributed by atoms with van der Waals surface area (Å²) < 4.78 is 5.91. The van der Waals surface area contributed by atoms with Crippen molar-refractivity contribution in [2.24, 2.45) is 5.92 Å². The Morgan fingerprint density at radius 1 is 1.21 bits per heavy atom. The summed E-state index contributed by atoms with van der Waals surface area (Å²) in [6, 6.07) is 10.2. The van der Waals surface area contributed by atoms with Crippen molar-refractivity contribution in [2.75, 3.05) is 0 Å². The van der Waals surface area contributed by atoms with Crippen LogP contribution in [0.15, 0.2) is 30.3 Å². The molecule has 0 radical (unpaired) electrons. The average molecular weight is 190 g/mol. The molecule has 1 fully saturated rings. The number of rotatable bonds is 3. The first-order valence-corrected chi connectivity index (χ1v) is 5.60. The second kappa shape index (κ2) is 4.50. The predicted octanol–water partition coefficient (Wildman–Crippen LogP) is 3.64. The number of hydrogen-bond donors (Lipinski definition) is 0. The van der Waals surface area contributed by atoms with E-state index in [4.69, 9.17) is 4.74 Å². The molecule has 1 aromatic rings. The van der Waals surface area contributed by atoms with E-state index in [1.807, 2.05) is 30.3 Å². The third kappa shape index (κ3) is 2.28. The molecule has 14 heavy (non-hydrogen) atoms. The molecule has 1 heteroatoms. The van der Waals surface area contributed by atoms with Crippen molar-refractivity contribution in [3.8, 4) is 5.75 Å². The second-order valence-electron chi connectivity index (χ2n) is 4.14. The van der Waals surface area contributed by atoms with E-state index >= 15 is 0 Å². The Kier molecular flexibility index (Phi) is 3.07. The molecule has 0 saturated heterocycles. The molecule has 0 aromatic heterocycles. The number of ether oxygens (including phenoxy) is 1.